The average Bonchev–Trinajstić information content (AvgIpc) is 2.68. The maximum Gasteiger partial charge on any atom is 0.253 e. The van der Waals surface area contributed by atoms with Crippen LogP contribution in [-0.2, 0) is 0 Å². The van der Waals surface area contributed by atoms with Gasteiger partial charge in [0, 0.05) is 23.1 Å². The normalized spacial score (nSPS) is 20.2. The van der Waals surface area contributed by atoms with E-state index in [2.05, 4.69) is 15.9 Å². The number of benzene rings is 1. The number of aliphatic hydroxyl groups excluding tert-OH is 1. The lowest BCUT2D eigenvalue weighted by molar-refractivity contribution is 0.0765. The van der Waals surface area contributed by atoms with E-state index < -0.39 is 6.10 Å². The minimum absolute atomic E-state index is 0.0778. The first-order valence-corrected chi connectivity index (χ1v) is 6.17. The highest BCUT2D eigenvalue weighted by Crippen LogP contribution is 2.24. The van der Waals surface area contributed by atoms with Crippen molar-refractivity contribution >= 4 is 33.4 Å². The molecule has 0 unspecified atom stereocenters. The Hall–Kier alpha value is -0.580. The van der Waals surface area contributed by atoms with Gasteiger partial charge in [-0.25, -0.2) is 0 Å². The van der Waals surface area contributed by atoms with E-state index >= 15 is 0 Å². The predicted molar refractivity (Wildman–Crippen MR) is 65.7 cm³/mol. The van der Waals surface area contributed by atoms with Gasteiger partial charge in [0.2, 0.25) is 0 Å². The fourth-order valence-electron chi connectivity index (χ4n) is 1.74. The molecule has 5 heteroatoms. The van der Waals surface area contributed by atoms with Crippen LogP contribution in [0.2, 0.25) is 5.02 Å². The SMILES string of the molecule is O=C(c1ccc(Br)c(Cl)c1)N1CC[C@H](O)C1. The van der Waals surface area contributed by atoms with E-state index in [0.29, 0.717) is 30.1 Å². The van der Waals surface area contributed by atoms with Gasteiger partial charge in [0.15, 0.2) is 0 Å². The minimum Gasteiger partial charge on any atom is -0.391 e. The van der Waals surface area contributed by atoms with Gasteiger partial charge in [-0.15, -0.1) is 0 Å². The van der Waals surface area contributed by atoms with E-state index in [1.807, 2.05) is 0 Å². The number of halogens is 2. The zero-order chi connectivity index (χ0) is 11.7. The van der Waals surface area contributed by atoms with Gasteiger partial charge in [-0.2, -0.15) is 0 Å². The van der Waals surface area contributed by atoms with E-state index in [4.69, 9.17) is 11.6 Å². The lowest BCUT2D eigenvalue weighted by Crippen LogP contribution is -2.29. The number of nitrogens with zero attached hydrogens (tertiary/aromatic N) is 1. The van der Waals surface area contributed by atoms with Crippen LogP contribution in [0.25, 0.3) is 0 Å². The van der Waals surface area contributed by atoms with Crippen molar-refractivity contribution in [1.29, 1.82) is 0 Å². The van der Waals surface area contributed by atoms with Crippen LogP contribution < -0.4 is 0 Å². The second-order valence-corrected chi connectivity index (χ2v) is 5.08. The number of rotatable bonds is 1. The van der Waals surface area contributed by atoms with Crippen molar-refractivity contribution in [2.24, 2.45) is 0 Å². The first kappa shape index (κ1) is 11.9. The number of β-amino-alcohol motifs (C(OH)–C–C–N with tert-alkyl or cyclic N) is 1. The summed E-state index contributed by atoms with van der Waals surface area (Å²) in [5.74, 6) is -0.0778. The Morgan fingerprint density at radius 2 is 2.31 bits per heavy atom. The lowest BCUT2D eigenvalue weighted by Gasteiger charge is -2.15. The number of carbonyl (C=O) groups is 1. The van der Waals surface area contributed by atoms with Crippen molar-refractivity contribution in [2.75, 3.05) is 13.1 Å². The molecule has 1 aliphatic heterocycles. The Morgan fingerprint density at radius 1 is 1.56 bits per heavy atom. The zero-order valence-electron chi connectivity index (χ0n) is 8.49. The number of amides is 1. The van der Waals surface area contributed by atoms with E-state index in [1.165, 1.54) is 0 Å². The summed E-state index contributed by atoms with van der Waals surface area (Å²) < 4.78 is 0.771. The molecule has 3 nitrogen and oxygen atoms in total. The molecule has 1 amide bonds. The van der Waals surface area contributed by atoms with Gasteiger partial charge in [0.1, 0.15) is 0 Å². The highest BCUT2D eigenvalue weighted by Gasteiger charge is 2.25. The van der Waals surface area contributed by atoms with Crippen LogP contribution in [0.5, 0.6) is 0 Å². The summed E-state index contributed by atoms with van der Waals surface area (Å²) in [5.41, 5.74) is 0.558. The van der Waals surface area contributed by atoms with Crippen molar-refractivity contribution in [2.45, 2.75) is 12.5 Å². The van der Waals surface area contributed by atoms with Crippen LogP contribution in [0.1, 0.15) is 16.8 Å². The predicted octanol–water partition coefficient (Wildman–Crippen LogP) is 2.31. The third kappa shape index (κ3) is 2.39. The van der Waals surface area contributed by atoms with Crippen molar-refractivity contribution in [3.8, 4) is 0 Å². The molecule has 0 saturated carbocycles. The van der Waals surface area contributed by atoms with Gasteiger partial charge in [0.05, 0.1) is 11.1 Å². The average molecular weight is 305 g/mol. The van der Waals surface area contributed by atoms with Gasteiger partial charge >= 0.3 is 0 Å². The summed E-state index contributed by atoms with van der Waals surface area (Å²) in [6, 6.07) is 5.11. The van der Waals surface area contributed by atoms with Gasteiger partial charge in [-0.05, 0) is 40.5 Å². The Morgan fingerprint density at radius 3 is 2.88 bits per heavy atom. The molecule has 0 aromatic heterocycles. The molecule has 1 N–H and O–H groups in total. The molecule has 1 fully saturated rings. The number of hydrogen-bond acceptors (Lipinski definition) is 2. The fourth-order valence-corrected chi connectivity index (χ4v) is 2.17. The van der Waals surface area contributed by atoms with Crippen LogP contribution >= 0.6 is 27.5 Å². The molecule has 1 atom stereocenters. The minimum atomic E-state index is -0.394. The molecular formula is C11H11BrClNO2. The monoisotopic (exact) mass is 303 g/mol. The van der Waals surface area contributed by atoms with Crippen LogP contribution in [0.4, 0.5) is 0 Å². The number of aliphatic hydroxyl groups is 1. The van der Waals surface area contributed by atoms with Gasteiger partial charge in [-0.1, -0.05) is 11.6 Å². The van der Waals surface area contributed by atoms with E-state index in [0.717, 1.165) is 4.47 Å². The Kier molecular flexibility index (Phi) is 3.52. The summed E-state index contributed by atoms with van der Waals surface area (Å²) in [6.45, 7) is 1.01. The lowest BCUT2D eigenvalue weighted by atomic mass is 10.2. The molecule has 16 heavy (non-hydrogen) atoms. The van der Waals surface area contributed by atoms with Crippen molar-refractivity contribution in [3.05, 3.63) is 33.3 Å². The van der Waals surface area contributed by atoms with Crippen LogP contribution in [0.15, 0.2) is 22.7 Å². The van der Waals surface area contributed by atoms with Crippen molar-refractivity contribution in [3.63, 3.8) is 0 Å². The molecule has 1 saturated heterocycles. The standard InChI is InChI=1S/C11H11BrClNO2/c12-9-2-1-7(5-10(9)13)11(16)14-4-3-8(15)6-14/h1-2,5,8,15H,3-4,6H2/t8-/m0/s1. The smallest absolute Gasteiger partial charge is 0.253 e. The first-order chi connectivity index (χ1) is 7.58. The maximum atomic E-state index is 12.0. The topological polar surface area (TPSA) is 40.5 Å². The largest absolute Gasteiger partial charge is 0.391 e. The Bertz CT molecular complexity index is 424. The fraction of sp³-hybridized carbons (Fsp3) is 0.364. The molecule has 0 spiro atoms. The summed E-state index contributed by atoms with van der Waals surface area (Å²) in [7, 11) is 0. The highest BCUT2D eigenvalue weighted by atomic mass is 79.9. The molecular weight excluding hydrogens is 293 g/mol. The summed E-state index contributed by atoms with van der Waals surface area (Å²) in [6.07, 6.45) is 0.255. The van der Waals surface area contributed by atoms with E-state index in [9.17, 15) is 9.90 Å². The molecule has 2 rings (SSSR count). The van der Waals surface area contributed by atoms with E-state index in [1.54, 1.807) is 23.1 Å². The second kappa shape index (κ2) is 4.73. The summed E-state index contributed by atoms with van der Waals surface area (Å²) >= 11 is 9.20. The molecule has 1 aromatic carbocycles. The Labute approximate surface area is 107 Å². The van der Waals surface area contributed by atoms with Crippen molar-refractivity contribution < 1.29 is 9.90 Å². The second-order valence-electron chi connectivity index (χ2n) is 3.82. The number of likely N-dealkylation sites (tertiary alicyclic amines) is 1. The van der Waals surface area contributed by atoms with Crippen LogP contribution in [-0.4, -0.2) is 35.1 Å². The van der Waals surface area contributed by atoms with Gasteiger partial charge in [0.25, 0.3) is 5.91 Å². The van der Waals surface area contributed by atoms with Crippen molar-refractivity contribution in [1.82, 2.24) is 4.90 Å². The van der Waals surface area contributed by atoms with Crippen LogP contribution in [0, 0.1) is 0 Å². The summed E-state index contributed by atoms with van der Waals surface area (Å²) in [5, 5.41) is 9.89. The van der Waals surface area contributed by atoms with Gasteiger partial charge < -0.3 is 10.0 Å². The Balaban J connectivity index is 2.18. The zero-order valence-corrected chi connectivity index (χ0v) is 10.8. The molecule has 86 valence electrons. The number of hydrogen-bond donors (Lipinski definition) is 1. The van der Waals surface area contributed by atoms with Crippen LogP contribution in [0.3, 0.4) is 0 Å². The maximum absolute atomic E-state index is 12.0. The molecule has 0 aliphatic carbocycles. The van der Waals surface area contributed by atoms with E-state index in [-0.39, 0.29) is 5.91 Å². The molecule has 0 radical (unpaired) electrons. The molecule has 0 bridgehead atoms. The third-order valence-corrected chi connectivity index (χ3v) is 3.85. The number of carbonyl (C=O) groups excluding carboxylic acids is 1. The summed E-state index contributed by atoms with van der Waals surface area (Å²) in [4.78, 5) is 13.6. The molecule has 1 aliphatic rings. The molecule has 1 heterocycles. The van der Waals surface area contributed by atoms with Gasteiger partial charge in [-0.3, -0.25) is 4.79 Å². The first-order valence-electron chi connectivity index (χ1n) is 5.00. The quantitative estimate of drug-likeness (QED) is 0.865. The highest BCUT2D eigenvalue weighted by molar-refractivity contribution is 9.10. The third-order valence-electron chi connectivity index (χ3n) is 2.62. The molecule has 1 aromatic rings.